The molecule has 1 aromatic heterocycles. The molecule has 1 atom stereocenters. The quantitative estimate of drug-likeness (QED) is 0.882. The van der Waals surface area contributed by atoms with E-state index in [1.165, 1.54) is 5.56 Å². The summed E-state index contributed by atoms with van der Waals surface area (Å²) in [5.74, 6) is 1.68. The molecule has 0 saturated carbocycles. The average molecular weight is 291 g/mol. The van der Waals surface area contributed by atoms with Gasteiger partial charge in [0, 0.05) is 12.7 Å². The van der Waals surface area contributed by atoms with Gasteiger partial charge in [-0.2, -0.15) is 0 Å². The van der Waals surface area contributed by atoms with Gasteiger partial charge in [0.1, 0.15) is 10.8 Å². The van der Waals surface area contributed by atoms with E-state index in [1.54, 1.807) is 12.3 Å². The van der Waals surface area contributed by atoms with Crippen LogP contribution in [0.5, 0.6) is 11.6 Å². The molecule has 0 aliphatic carbocycles. The maximum atomic E-state index is 6.12. The standard InChI is InChI=1S/C16H19ClN2O/c1-3-11(2)13-4-6-14(7-5-13)20-16-15(17)8-12(9-18)10-19-16/h4-8,10-11H,3,9,18H2,1-2H3. The van der Waals surface area contributed by atoms with Crippen molar-refractivity contribution in [1.29, 1.82) is 0 Å². The number of pyridine rings is 1. The summed E-state index contributed by atoms with van der Waals surface area (Å²) in [6.07, 6.45) is 2.79. The van der Waals surface area contributed by atoms with Gasteiger partial charge in [0.15, 0.2) is 0 Å². The molecular weight excluding hydrogens is 272 g/mol. The molecule has 1 heterocycles. The van der Waals surface area contributed by atoms with Gasteiger partial charge in [0.05, 0.1) is 0 Å². The summed E-state index contributed by atoms with van der Waals surface area (Å²) in [5.41, 5.74) is 7.73. The number of hydrogen-bond donors (Lipinski definition) is 1. The van der Waals surface area contributed by atoms with Crippen LogP contribution < -0.4 is 10.5 Å². The van der Waals surface area contributed by atoms with E-state index in [2.05, 4.69) is 31.0 Å². The Hall–Kier alpha value is -1.58. The van der Waals surface area contributed by atoms with Crippen molar-refractivity contribution in [1.82, 2.24) is 4.98 Å². The molecule has 0 aliphatic rings. The lowest BCUT2D eigenvalue weighted by molar-refractivity contribution is 0.462. The third-order valence-electron chi connectivity index (χ3n) is 3.38. The van der Waals surface area contributed by atoms with E-state index in [9.17, 15) is 0 Å². The smallest absolute Gasteiger partial charge is 0.238 e. The highest BCUT2D eigenvalue weighted by Gasteiger charge is 2.07. The molecular formula is C16H19ClN2O. The molecule has 0 amide bonds. The zero-order valence-electron chi connectivity index (χ0n) is 11.8. The Labute approximate surface area is 124 Å². The van der Waals surface area contributed by atoms with Crippen LogP contribution in [0.25, 0.3) is 0 Å². The third-order valence-corrected chi connectivity index (χ3v) is 3.65. The molecule has 4 heteroatoms. The number of nitrogens with two attached hydrogens (primary N) is 1. The first-order valence-corrected chi connectivity index (χ1v) is 7.14. The predicted octanol–water partition coefficient (Wildman–Crippen LogP) is 4.50. The van der Waals surface area contributed by atoms with E-state index in [1.807, 2.05) is 12.1 Å². The van der Waals surface area contributed by atoms with Crippen molar-refractivity contribution in [2.45, 2.75) is 32.7 Å². The molecule has 3 nitrogen and oxygen atoms in total. The van der Waals surface area contributed by atoms with E-state index >= 15 is 0 Å². The Morgan fingerprint density at radius 2 is 2.00 bits per heavy atom. The second-order valence-electron chi connectivity index (χ2n) is 4.82. The van der Waals surface area contributed by atoms with Gasteiger partial charge in [-0.25, -0.2) is 4.98 Å². The Bertz CT molecular complexity index is 569. The van der Waals surface area contributed by atoms with Crippen LogP contribution in [0.3, 0.4) is 0 Å². The molecule has 2 N–H and O–H groups in total. The highest BCUT2D eigenvalue weighted by molar-refractivity contribution is 6.31. The van der Waals surface area contributed by atoms with Gasteiger partial charge < -0.3 is 10.5 Å². The summed E-state index contributed by atoms with van der Waals surface area (Å²) in [5, 5.41) is 0.471. The molecule has 0 fully saturated rings. The Morgan fingerprint density at radius 3 is 2.55 bits per heavy atom. The first-order chi connectivity index (χ1) is 9.63. The third kappa shape index (κ3) is 3.50. The average Bonchev–Trinajstić information content (AvgIpc) is 2.49. The molecule has 0 saturated heterocycles. The molecule has 2 aromatic rings. The first kappa shape index (κ1) is 14.8. The lowest BCUT2D eigenvalue weighted by atomic mass is 9.99. The minimum Gasteiger partial charge on any atom is -0.438 e. The summed E-state index contributed by atoms with van der Waals surface area (Å²) < 4.78 is 5.69. The number of nitrogens with zero attached hydrogens (tertiary/aromatic N) is 1. The van der Waals surface area contributed by atoms with Crippen molar-refractivity contribution in [3.63, 3.8) is 0 Å². The van der Waals surface area contributed by atoms with Crippen LogP contribution >= 0.6 is 11.6 Å². The molecule has 0 aliphatic heterocycles. The maximum absolute atomic E-state index is 6.12. The van der Waals surface area contributed by atoms with Crippen molar-refractivity contribution >= 4 is 11.6 Å². The van der Waals surface area contributed by atoms with Crippen molar-refractivity contribution in [2.75, 3.05) is 0 Å². The highest BCUT2D eigenvalue weighted by atomic mass is 35.5. The van der Waals surface area contributed by atoms with E-state index in [0.717, 1.165) is 17.7 Å². The number of rotatable bonds is 5. The van der Waals surface area contributed by atoms with Crippen LogP contribution in [-0.4, -0.2) is 4.98 Å². The van der Waals surface area contributed by atoms with Gasteiger partial charge in [-0.05, 0) is 41.7 Å². The van der Waals surface area contributed by atoms with Crippen LogP contribution in [0.4, 0.5) is 0 Å². The molecule has 1 unspecified atom stereocenters. The number of aromatic nitrogens is 1. The van der Waals surface area contributed by atoms with Crippen molar-refractivity contribution in [2.24, 2.45) is 5.73 Å². The molecule has 2 rings (SSSR count). The van der Waals surface area contributed by atoms with Gasteiger partial charge >= 0.3 is 0 Å². The van der Waals surface area contributed by atoms with Crippen LogP contribution in [-0.2, 0) is 6.54 Å². The summed E-state index contributed by atoms with van der Waals surface area (Å²) in [4.78, 5) is 4.18. The Balaban J connectivity index is 2.14. The van der Waals surface area contributed by atoms with Gasteiger partial charge in [-0.3, -0.25) is 0 Å². The first-order valence-electron chi connectivity index (χ1n) is 6.76. The van der Waals surface area contributed by atoms with Gasteiger partial charge in [0.2, 0.25) is 5.88 Å². The SMILES string of the molecule is CCC(C)c1ccc(Oc2ncc(CN)cc2Cl)cc1. The zero-order valence-corrected chi connectivity index (χ0v) is 12.5. The fourth-order valence-electron chi connectivity index (χ4n) is 1.86. The largest absolute Gasteiger partial charge is 0.438 e. The van der Waals surface area contributed by atoms with E-state index in [0.29, 0.717) is 23.4 Å². The molecule has 1 aromatic carbocycles. The van der Waals surface area contributed by atoms with Crippen LogP contribution in [0, 0.1) is 0 Å². The fourth-order valence-corrected chi connectivity index (χ4v) is 2.09. The maximum Gasteiger partial charge on any atom is 0.238 e. The minimum absolute atomic E-state index is 0.403. The Morgan fingerprint density at radius 1 is 1.30 bits per heavy atom. The van der Waals surface area contributed by atoms with Gasteiger partial charge in [0.25, 0.3) is 0 Å². The molecule has 0 spiro atoms. The highest BCUT2D eigenvalue weighted by Crippen LogP contribution is 2.29. The summed E-state index contributed by atoms with van der Waals surface area (Å²) in [7, 11) is 0. The fraction of sp³-hybridized carbons (Fsp3) is 0.312. The normalized spacial score (nSPS) is 12.2. The van der Waals surface area contributed by atoms with Crippen LogP contribution in [0.2, 0.25) is 5.02 Å². The summed E-state index contributed by atoms with van der Waals surface area (Å²) in [6, 6.07) is 9.81. The molecule has 106 valence electrons. The second-order valence-corrected chi connectivity index (χ2v) is 5.22. The molecule has 0 radical (unpaired) electrons. The van der Waals surface area contributed by atoms with Gasteiger partial charge in [-0.1, -0.05) is 37.6 Å². The number of ether oxygens (including phenoxy) is 1. The van der Waals surface area contributed by atoms with E-state index in [4.69, 9.17) is 22.1 Å². The Kier molecular flexibility index (Phi) is 4.99. The monoisotopic (exact) mass is 290 g/mol. The second kappa shape index (κ2) is 6.73. The lowest BCUT2D eigenvalue weighted by Crippen LogP contribution is -1.98. The number of benzene rings is 1. The summed E-state index contributed by atoms with van der Waals surface area (Å²) in [6.45, 7) is 4.80. The van der Waals surface area contributed by atoms with Crippen LogP contribution in [0.1, 0.15) is 37.3 Å². The number of halogens is 1. The number of hydrogen-bond acceptors (Lipinski definition) is 3. The van der Waals surface area contributed by atoms with Crippen molar-refractivity contribution in [3.8, 4) is 11.6 Å². The zero-order chi connectivity index (χ0) is 14.5. The molecule has 20 heavy (non-hydrogen) atoms. The topological polar surface area (TPSA) is 48.1 Å². The van der Waals surface area contributed by atoms with E-state index < -0.39 is 0 Å². The minimum atomic E-state index is 0.403. The van der Waals surface area contributed by atoms with Crippen molar-refractivity contribution in [3.05, 3.63) is 52.7 Å². The lowest BCUT2D eigenvalue weighted by Gasteiger charge is -2.11. The summed E-state index contributed by atoms with van der Waals surface area (Å²) >= 11 is 6.12. The van der Waals surface area contributed by atoms with Crippen LogP contribution in [0.15, 0.2) is 36.5 Å². The van der Waals surface area contributed by atoms with E-state index in [-0.39, 0.29) is 0 Å². The predicted molar refractivity (Wildman–Crippen MR) is 82.4 cm³/mol. The van der Waals surface area contributed by atoms with Crippen molar-refractivity contribution < 1.29 is 4.74 Å². The molecule has 0 bridgehead atoms. The van der Waals surface area contributed by atoms with Gasteiger partial charge in [-0.15, -0.1) is 0 Å².